The number of alkyl halides is 3. The van der Waals surface area contributed by atoms with Gasteiger partial charge in [-0.2, -0.15) is 13.2 Å². The lowest BCUT2D eigenvalue weighted by Crippen LogP contribution is -2.18. The summed E-state index contributed by atoms with van der Waals surface area (Å²) < 4.78 is 65.5. The van der Waals surface area contributed by atoms with Gasteiger partial charge in [-0.25, -0.2) is 8.42 Å². The van der Waals surface area contributed by atoms with Gasteiger partial charge < -0.3 is 0 Å². The molecule has 2 aromatic carbocycles. The van der Waals surface area contributed by atoms with Gasteiger partial charge in [-0.3, -0.25) is 14.8 Å². The number of hydrogen-bond acceptors (Lipinski definition) is 4. The third-order valence-electron chi connectivity index (χ3n) is 3.15. The van der Waals surface area contributed by atoms with Crippen LogP contribution in [0, 0.1) is 17.0 Å². The highest BCUT2D eigenvalue weighted by atomic mass is 32.2. The molecule has 0 atom stereocenters. The van der Waals surface area contributed by atoms with Crippen LogP contribution in [0.4, 0.5) is 24.5 Å². The number of hydrogen-bond donors (Lipinski definition) is 1. The molecule has 0 spiro atoms. The zero-order chi connectivity index (χ0) is 18.1. The van der Waals surface area contributed by atoms with Gasteiger partial charge in [0.05, 0.1) is 21.1 Å². The van der Waals surface area contributed by atoms with Gasteiger partial charge in [-0.15, -0.1) is 0 Å². The number of nitro benzene ring substituents is 1. The molecule has 10 heteroatoms. The summed E-state index contributed by atoms with van der Waals surface area (Å²) in [4.78, 5) is 9.52. The highest BCUT2D eigenvalue weighted by Crippen LogP contribution is 2.35. The second-order valence-corrected chi connectivity index (χ2v) is 6.51. The molecule has 2 rings (SSSR count). The van der Waals surface area contributed by atoms with Crippen molar-refractivity contribution in [2.75, 3.05) is 4.72 Å². The zero-order valence-electron chi connectivity index (χ0n) is 12.2. The van der Waals surface area contributed by atoms with E-state index in [1.165, 1.54) is 19.1 Å². The minimum absolute atomic E-state index is 0.164. The van der Waals surface area contributed by atoms with Gasteiger partial charge in [0, 0.05) is 12.1 Å². The zero-order valence-corrected chi connectivity index (χ0v) is 13.0. The fraction of sp³-hybridized carbons (Fsp3) is 0.143. The van der Waals surface area contributed by atoms with Crippen LogP contribution in [0.3, 0.4) is 0 Å². The lowest BCUT2D eigenvalue weighted by atomic mass is 10.2. The van der Waals surface area contributed by atoms with Gasteiger partial charge in [0.15, 0.2) is 0 Å². The Balaban J connectivity index is 2.51. The van der Waals surface area contributed by atoms with Crippen LogP contribution in [0.5, 0.6) is 0 Å². The fourth-order valence-corrected chi connectivity index (χ4v) is 3.36. The van der Waals surface area contributed by atoms with Crippen LogP contribution in [-0.2, 0) is 16.2 Å². The van der Waals surface area contributed by atoms with Crippen molar-refractivity contribution in [2.45, 2.75) is 18.0 Å². The van der Waals surface area contributed by atoms with E-state index in [1.807, 2.05) is 4.72 Å². The molecule has 0 bridgehead atoms. The van der Waals surface area contributed by atoms with Gasteiger partial charge in [0.25, 0.3) is 15.7 Å². The summed E-state index contributed by atoms with van der Waals surface area (Å²) in [5, 5.41) is 10.8. The Labute approximate surface area is 135 Å². The van der Waals surface area contributed by atoms with Gasteiger partial charge in [-0.05, 0) is 24.6 Å². The average molecular weight is 360 g/mol. The molecule has 0 aromatic heterocycles. The molecule has 0 aliphatic carbocycles. The summed E-state index contributed by atoms with van der Waals surface area (Å²) in [6.07, 6.45) is -4.75. The standard InChI is InChI=1S/C14H11F3N2O4S/c1-9-6-7-10(19(20)21)8-13(9)24(22,23)18-12-5-3-2-4-11(12)14(15,16)17/h2-8,18H,1H3. The number of rotatable bonds is 4. The second-order valence-electron chi connectivity index (χ2n) is 4.86. The van der Waals surface area contributed by atoms with Crippen LogP contribution in [0.1, 0.15) is 11.1 Å². The lowest BCUT2D eigenvalue weighted by Gasteiger charge is -2.15. The van der Waals surface area contributed by atoms with Crippen LogP contribution >= 0.6 is 0 Å². The van der Waals surface area contributed by atoms with Crippen molar-refractivity contribution in [3.05, 3.63) is 63.7 Å². The molecular formula is C14H11F3N2O4S. The lowest BCUT2D eigenvalue weighted by molar-refractivity contribution is -0.385. The van der Waals surface area contributed by atoms with E-state index in [9.17, 15) is 31.7 Å². The number of nitrogens with one attached hydrogen (secondary N) is 1. The van der Waals surface area contributed by atoms with E-state index >= 15 is 0 Å². The number of halogens is 3. The van der Waals surface area contributed by atoms with Gasteiger partial charge in [-0.1, -0.05) is 18.2 Å². The molecule has 0 heterocycles. The highest BCUT2D eigenvalue weighted by Gasteiger charge is 2.34. The van der Waals surface area contributed by atoms with Crippen molar-refractivity contribution in [1.82, 2.24) is 0 Å². The first-order valence-electron chi connectivity index (χ1n) is 6.46. The van der Waals surface area contributed by atoms with Crippen LogP contribution in [0.2, 0.25) is 0 Å². The molecule has 0 amide bonds. The summed E-state index contributed by atoms with van der Waals surface area (Å²) in [5.41, 5.74) is -2.13. The Bertz CT molecular complexity index is 895. The van der Waals surface area contributed by atoms with Crippen molar-refractivity contribution in [3.8, 4) is 0 Å². The van der Waals surface area contributed by atoms with E-state index < -0.39 is 43.0 Å². The monoisotopic (exact) mass is 360 g/mol. The number of benzene rings is 2. The molecule has 1 N–H and O–H groups in total. The molecule has 0 radical (unpaired) electrons. The Hall–Kier alpha value is -2.62. The third kappa shape index (κ3) is 3.65. The van der Waals surface area contributed by atoms with Crippen LogP contribution in [-0.4, -0.2) is 13.3 Å². The summed E-state index contributed by atoms with van der Waals surface area (Å²) in [6, 6.07) is 7.19. The largest absolute Gasteiger partial charge is 0.418 e. The van der Waals surface area contributed by atoms with Crippen molar-refractivity contribution in [2.24, 2.45) is 0 Å². The third-order valence-corrected chi connectivity index (χ3v) is 4.66. The van der Waals surface area contributed by atoms with Gasteiger partial charge in [0.1, 0.15) is 0 Å². The first-order valence-corrected chi connectivity index (χ1v) is 7.95. The summed E-state index contributed by atoms with van der Waals surface area (Å²) in [6.45, 7) is 1.38. The molecular weight excluding hydrogens is 349 g/mol. The van der Waals surface area contributed by atoms with Crippen LogP contribution in [0.15, 0.2) is 47.4 Å². The Morgan fingerprint density at radius 1 is 1.12 bits per heavy atom. The molecule has 0 saturated heterocycles. The summed E-state index contributed by atoms with van der Waals surface area (Å²) in [5.74, 6) is 0. The van der Waals surface area contributed by atoms with E-state index in [1.54, 1.807) is 0 Å². The van der Waals surface area contributed by atoms with Gasteiger partial charge in [0.2, 0.25) is 0 Å². The van der Waals surface area contributed by atoms with Crippen LogP contribution < -0.4 is 4.72 Å². The smallest absolute Gasteiger partial charge is 0.279 e. The Morgan fingerprint density at radius 3 is 2.33 bits per heavy atom. The maximum Gasteiger partial charge on any atom is 0.418 e. The molecule has 0 fully saturated rings. The SMILES string of the molecule is Cc1ccc([N+](=O)[O-])cc1S(=O)(=O)Nc1ccccc1C(F)(F)F. The fourth-order valence-electron chi connectivity index (χ4n) is 2.01. The molecule has 128 valence electrons. The van der Waals surface area contributed by atoms with E-state index in [2.05, 4.69) is 0 Å². The normalized spacial score (nSPS) is 12.0. The molecule has 0 aliphatic rings. The molecule has 2 aromatic rings. The minimum Gasteiger partial charge on any atom is -0.279 e. The van der Waals surface area contributed by atoms with E-state index in [0.717, 1.165) is 30.3 Å². The number of anilines is 1. The van der Waals surface area contributed by atoms with Crippen molar-refractivity contribution in [1.29, 1.82) is 0 Å². The maximum atomic E-state index is 13.0. The van der Waals surface area contributed by atoms with Crippen molar-refractivity contribution >= 4 is 21.4 Å². The van der Waals surface area contributed by atoms with Gasteiger partial charge >= 0.3 is 6.18 Å². The number of nitro groups is 1. The number of nitrogens with zero attached hydrogens (tertiary/aromatic N) is 1. The molecule has 6 nitrogen and oxygen atoms in total. The minimum atomic E-state index is -4.75. The van der Waals surface area contributed by atoms with Crippen LogP contribution in [0.25, 0.3) is 0 Å². The molecule has 0 saturated carbocycles. The van der Waals surface area contributed by atoms with Crippen molar-refractivity contribution < 1.29 is 26.5 Å². The number of non-ortho nitro benzene ring substituents is 1. The van der Waals surface area contributed by atoms with E-state index in [-0.39, 0.29) is 5.56 Å². The number of sulfonamides is 1. The Morgan fingerprint density at radius 2 is 1.75 bits per heavy atom. The predicted octanol–water partition coefficient (Wildman–Crippen LogP) is 3.72. The predicted molar refractivity (Wildman–Crippen MR) is 80.1 cm³/mol. The second kappa shape index (κ2) is 6.11. The average Bonchev–Trinajstić information content (AvgIpc) is 2.46. The Kier molecular flexibility index (Phi) is 4.52. The first-order chi connectivity index (χ1) is 11.0. The van der Waals surface area contributed by atoms with E-state index in [0.29, 0.717) is 0 Å². The topological polar surface area (TPSA) is 89.3 Å². The summed E-state index contributed by atoms with van der Waals surface area (Å²) >= 11 is 0. The van der Waals surface area contributed by atoms with E-state index in [4.69, 9.17) is 0 Å². The number of para-hydroxylation sites is 1. The quantitative estimate of drug-likeness (QED) is 0.665. The van der Waals surface area contributed by atoms with Crippen molar-refractivity contribution in [3.63, 3.8) is 0 Å². The highest BCUT2D eigenvalue weighted by molar-refractivity contribution is 7.92. The number of aryl methyl sites for hydroxylation is 1. The molecule has 0 aliphatic heterocycles. The maximum absolute atomic E-state index is 13.0. The summed E-state index contributed by atoms with van der Waals surface area (Å²) in [7, 11) is -4.44. The first kappa shape index (κ1) is 17.7. The molecule has 24 heavy (non-hydrogen) atoms. The molecule has 0 unspecified atom stereocenters.